The highest BCUT2D eigenvalue weighted by Gasteiger charge is 2.35. The van der Waals surface area contributed by atoms with Crippen LogP contribution in [0, 0.1) is 17.8 Å². The van der Waals surface area contributed by atoms with Gasteiger partial charge < -0.3 is 10.6 Å². The highest BCUT2D eigenvalue weighted by molar-refractivity contribution is 5.79. The number of hydrogen-bond acceptors (Lipinski definition) is 2. The van der Waals surface area contributed by atoms with Gasteiger partial charge in [-0.25, -0.2) is 0 Å². The zero-order chi connectivity index (χ0) is 13.7. The Bertz CT molecular complexity index is 292. The minimum absolute atomic E-state index is 0.229. The molecule has 0 spiro atoms. The molecule has 3 unspecified atom stereocenters. The Balaban J connectivity index is 1.88. The van der Waals surface area contributed by atoms with Gasteiger partial charge in [-0.3, -0.25) is 4.79 Å². The number of carbonyl (C=O) groups is 1. The highest BCUT2D eigenvalue weighted by Crippen LogP contribution is 2.33. The van der Waals surface area contributed by atoms with Crippen molar-refractivity contribution >= 4 is 5.91 Å². The molecular weight excluding hydrogens is 236 g/mol. The Hall–Kier alpha value is -0.570. The number of amides is 1. The molecule has 1 aliphatic heterocycles. The third kappa shape index (κ3) is 3.71. The van der Waals surface area contributed by atoms with Crippen LogP contribution < -0.4 is 5.73 Å². The fraction of sp³-hybridized carbons (Fsp3) is 0.938. The Morgan fingerprint density at radius 1 is 1.16 bits per heavy atom. The van der Waals surface area contributed by atoms with Crippen LogP contribution in [0.15, 0.2) is 0 Å². The zero-order valence-electron chi connectivity index (χ0n) is 12.4. The highest BCUT2D eigenvalue weighted by atomic mass is 16.2. The first kappa shape index (κ1) is 14.8. The average Bonchev–Trinajstić information content (AvgIpc) is 2.78. The lowest BCUT2D eigenvalue weighted by molar-refractivity contribution is -0.136. The van der Waals surface area contributed by atoms with E-state index < -0.39 is 0 Å². The molecule has 2 N–H and O–H groups in total. The summed E-state index contributed by atoms with van der Waals surface area (Å²) in [4.78, 5) is 14.8. The lowest BCUT2D eigenvalue weighted by atomic mass is 9.94. The monoisotopic (exact) mass is 266 g/mol. The molecule has 0 radical (unpaired) electrons. The van der Waals surface area contributed by atoms with Crippen molar-refractivity contribution in [1.82, 2.24) is 4.90 Å². The van der Waals surface area contributed by atoms with Crippen molar-refractivity contribution in [2.75, 3.05) is 19.6 Å². The second-order valence-corrected chi connectivity index (χ2v) is 6.44. The van der Waals surface area contributed by atoms with E-state index in [-0.39, 0.29) is 5.92 Å². The summed E-state index contributed by atoms with van der Waals surface area (Å²) in [6.45, 7) is 4.91. The minimum Gasteiger partial charge on any atom is -0.342 e. The van der Waals surface area contributed by atoms with Crippen LogP contribution >= 0.6 is 0 Å². The molecule has 3 heteroatoms. The largest absolute Gasteiger partial charge is 0.342 e. The van der Waals surface area contributed by atoms with E-state index in [0.717, 1.165) is 31.8 Å². The molecule has 1 amide bonds. The van der Waals surface area contributed by atoms with Crippen LogP contribution in [0.4, 0.5) is 0 Å². The van der Waals surface area contributed by atoms with E-state index in [1.165, 1.54) is 38.5 Å². The Labute approximate surface area is 117 Å². The van der Waals surface area contributed by atoms with Crippen LogP contribution in [-0.2, 0) is 4.79 Å². The number of nitrogens with two attached hydrogens (primary N) is 1. The number of rotatable bonds is 4. The molecular formula is C16H30N2O. The second-order valence-electron chi connectivity index (χ2n) is 6.44. The normalized spacial score (nSPS) is 32.3. The van der Waals surface area contributed by atoms with Gasteiger partial charge in [-0.2, -0.15) is 0 Å². The number of hydrogen-bond donors (Lipinski definition) is 1. The molecule has 1 heterocycles. The fourth-order valence-corrected chi connectivity index (χ4v) is 3.96. The van der Waals surface area contributed by atoms with Crippen LogP contribution in [0.3, 0.4) is 0 Å². The molecule has 1 saturated heterocycles. The Morgan fingerprint density at radius 3 is 2.74 bits per heavy atom. The summed E-state index contributed by atoms with van der Waals surface area (Å²) in [5, 5.41) is 0. The van der Waals surface area contributed by atoms with Crippen molar-refractivity contribution in [3.63, 3.8) is 0 Å². The summed E-state index contributed by atoms with van der Waals surface area (Å²) in [6, 6.07) is 0. The number of likely N-dealkylation sites (tertiary alicyclic amines) is 1. The van der Waals surface area contributed by atoms with E-state index in [2.05, 4.69) is 11.8 Å². The molecule has 2 aliphatic rings. The van der Waals surface area contributed by atoms with Gasteiger partial charge in [0.05, 0.1) is 0 Å². The molecule has 0 aromatic carbocycles. The first-order valence-corrected chi connectivity index (χ1v) is 8.25. The predicted octanol–water partition coefficient (Wildman–Crippen LogP) is 2.79. The van der Waals surface area contributed by atoms with Crippen LogP contribution in [0.1, 0.15) is 58.3 Å². The first-order chi connectivity index (χ1) is 9.26. The third-order valence-electron chi connectivity index (χ3n) is 5.14. The van der Waals surface area contributed by atoms with Gasteiger partial charge in [0.2, 0.25) is 5.91 Å². The molecule has 19 heavy (non-hydrogen) atoms. The van der Waals surface area contributed by atoms with E-state index in [9.17, 15) is 4.79 Å². The minimum atomic E-state index is 0.229. The van der Waals surface area contributed by atoms with Gasteiger partial charge >= 0.3 is 0 Å². The summed E-state index contributed by atoms with van der Waals surface area (Å²) in [6.07, 6.45) is 9.71. The van der Waals surface area contributed by atoms with Gasteiger partial charge in [-0.1, -0.05) is 26.2 Å². The van der Waals surface area contributed by atoms with Crippen LogP contribution in [0.25, 0.3) is 0 Å². The molecule has 3 nitrogen and oxygen atoms in total. The maximum atomic E-state index is 12.7. The number of carbonyl (C=O) groups excluding carboxylic acids is 1. The van der Waals surface area contributed by atoms with Crippen molar-refractivity contribution in [2.45, 2.75) is 58.3 Å². The maximum Gasteiger partial charge on any atom is 0.226 e. The van der Waals surface area contributed by atoms with Gasteiger partial charge in [0.15, 0.2) is 0 Å². The quantitative estimate of drug-likeness (QED) is 0.850. The molecule has 0 aromatic rings. The zero-order valence-corrected chi connectivity index (χ0v) is 12.4. The van der Waals surface area contributed by atoms with Crippen molar-refractivity contribution in [1.29, 1.82) is 0 Å². The summed E-state index contributed by atoms with van der Waals surface area (Å²) in [5.74, 6) is 1.93. The standard InChI is InChI=1S/C16H30N2O/c1-2-5-13-6-4-10-18(11-9-13)16(19)15-8-3-7-14(15)12-17/h13-15H,2-12,17H2,1H3. The van der Waals surface area contributed by atoms with Crippen molar-refractivity contribution in [3.8, 4) is 0 Å². The van der Waals surface area contributed by atoms with E-state index in [1.54, 1.807) is 0 Å². The summed E-state index contributed by atoms with van der Waals surface area (Å²) >= 11 is 0. The first-order valence-electron chi connectivity index (χ1n) is 8.25. The maximum absolute atomic E-state index is 12.7. The molecule has 1 saturated carbocycles. The van der Waals surface area contributed by atoms with Crippen molar-refractivity contribution < 1.29 is 4.79 Å². The fourth-order valence-electron chi connectivity index (χ4n) is 3.96. The summed E-state index contributed by atoms with van der Waals surface area (Å²) in [5.41, 5.74) is 5.81. The van der Waals surface area contributed by atoms with Crippen molar-refractivity contribution in [2.24, 2.45) is 23.5 Å². The lowest BCUT2D eigenvalue weighted by Crippen LogP contribution is -2.39. The van der Waals surface area contributed by atoms with E-state index >= 15 is 0 Å². The van der Waals surface area contributed by atoms with E-state index in [0.29, 0.717) is 18.4 Å². The van der Waals surface area contributed by atoms with E-state index in [1.807, 2.05) is 0 Å². The molecule has 1 aliphatic carbocycles. The summed E-state index contributed by atoms with van der Waals surface area (Å²) in [7, 11) is 0. The lowest BCUT2D eigenvalue weighted by Gasteiger charge is -2.27. The smallest absolute Gasteiger partial charge is 0.226 e. The third-order valence-corrected chi connectivity index (χ3v) is 5.14. The Morgan fingerprint density at radius 2 is 2.00 bits per heavy atom. The molecule has 110 valence electrons. The second kappa shape index (κ2) is 7.28. The van der Waals surface area contributed by atoms with Gasteiger partial charge in [-0.05, 0) is 50.5 Å². The molecule has 2 fully saturated rings. The summed E-state index contributed by atoms with van der Waals surface area (Å²) < 4.78 is 0. The predicted molar refractivity (Wildman–Crippen MR) is 78.7 cm³/mol. The van der Waals surface area contributed by atoms with Crippen LogP contribution in [0.2, 0.25) is 0 Å². The number of nitrogens with zero attached hydrogens (tertiary/aromatic N) is 1. The molecule has 2 rings (SSSR count). The molecule has 3 atom stereocenters. The van der Waals surface area contributed by atoms with E-state index in [4.69, 9.17) is 5.73 Å². The SMILES string of the molecule is CCCC1CCCN(C(=O)C2CCCC2CN)CC1. The van der Waals surface area contributed by atoms with Crippen LogP contribution in [-0.4, -0.2) is 30.4 Å². The van der Waals surface area contributed by atoms with Gasteiger partial charge in [-0.15, -0.1) is 0 Å². The van der Waals surface area contributed by atoms with Gasteiger partial charge in [0.1, 0.15) is 0 Å². The van der Waals surface area contributed by atoms with Gasteiger partial charge in [0.25, 0.3) is 0 Å². The van der Waals surface area contributed by atoms with Crippen LogP contribution in [0.5, 0.6) is 0 Å². The topological polar surface area (TPSA) is 46.3 Å². The molecule has 0 aromatic heterocycles. The van der Waals surface area contributed by atoms with Crippen molar-refractivity contribution in [3.05, 3.63) is 0 Å². The Kier molecular flexibility index (Phi) is 5.68. The molecule has 0 bridgehead atoms. The average molecular weight is 266 g/mol. The van der Waals surface area contributed by atoms with Gasteiger partial charge in [0, 0.05) is 19.0 Å².